The van der Waals surface area contributed by atoms with Crippen molar-refractivity contribution < 1.29 is 9.53 Å². The molecule has 2 aliphatic heterocycles. The number of carbonyl (C=O) groups excluding carboxylic acids is 1. The topological polar surface area (TPSA) is 50.6 Å². The minimum Gasteiger partial charge on any atom is -0.373 e. The highest BCUT2D eigenvalue weighted by Gasteiger charge is 2.32. The van der Waals surface area contributed by atoms with E-state index in [0.717, 1.165) is 70.5 Å². The number of rotatable bonds is 4. The van der Waals surface area contributed by atoms with Gasteiger partial charge in [0, 0.05) is 44.0 Å². The molecule has 32 heavy (non-hydrogen) atoms. The van der Waals surface area contributed by atoms with Crippen molar-refractivity contribution in [1.29, 1.82) is 0 Å². The van der Waals surface area contributed by atoms with Crippen LogP contribution in [0.2, 0.25) is 0 Å². The summed E-state index contributed by atoms with van der Waals surface area (Å²) >= 11 is 0. The van der Waals surface area contributed by atoms with E-state index < -0.39 is 0 Å². The second kappa shape index (κ2) is 8.99. The van der Waals surface area contributed by atoms with E-state index in [1.165, 1.54) is 16.8 Å². The van der Waals surface area contributed by atoms with Gasteiger partial charge in [0.05, 0.1) is 17.9 Å². The van der Waals surface area contributed by atoms with Crippen LogP contribution in [0.5, 0.6) is 0 Å². The van der Waals surface area contributed by atoms with E-state index in [1.54, 1.807) is 0 Å². The van der Waals surface area contributed by atoms with Crippen LogP contribution in [0.3, 0.4) is 0 Å². The molecule has 1 aromatic heterocycles. The fourth-order valence-electron chi connectivity index (χ4n) is 5.78. The maximum Gasteiger partial charge on any atom is 0.274 e. The summed E-state index contributed by atoms with van der Waals surface area (Å²) in [4.78, 5) is 18.1. The molecule has 1 amide bonds. The van der Waals surface area contributed by atoms with Gasteiger partial charge in [-0.15, -0.1) is 0 Å². The molecule has 3 heterocycles. The Bertz CT molecular complexity index is 949. The van der Waals surface area contributed by atoms with Crippen molar-refractivity contribution in [2.45, 2.75) is 65.1 Å². The Hall–Kier alpha value is -2.18. The normalized spacial score (nSPS) is 24.7. The number of ether oxygens (including phenoxy) is 1. The van der Waals surface area contributed by atoms with Crippen LogP contribution in [0.4, 0.5) is 0 Å². The van der Waals surface area contributed by atoms with Gasteiger partial charge in [0.1, 0.15) is 0 Å². The van der Waals surface area contributed by atoms with E-state index in [9.17, 15) is 4.79 Å². The summed E-state index contributed by atoms with van der Waals surface area (Å²) in [6.07, 6.45) is 5.85. The largest absolute Gasteiger partial charge is 0.373 e. The Morgan fingerprint density at radius 1 is 1.06 bits per heavy atom. The Morgan fingerprint density at radius 2 is 1.75 bits per heavy atom. The highest BCUT2D eigenvalue weighted by molar-refractivity contribution is 5.94. The minimum absolute atomic E-state index is 0.126. The molecule has 2 saturated heterocycles. The van der Waals surface area contributed by atoms with E-state index in [2.05, 4.69) is 49.9 Å². The molecular formula is C26H36N4O2. The lowest BCUT2D eigenvalue weighted by Gasteiger charge is -2.39. The van der Waals surface area contributed by atoms with Crippen molar-refractivity contribution >= 4 is 5.91 Å². The summed E-state index contributed by atoms with van der Waals surface area (Å²) in [5.41, 5.74) is 5.38. The van der Waals surface area contributed by atoms with Gasteiger partial charge in [-0.2, -0.15) is 5.10 Å². The average molecular weight is 437 g/mol. The molecule has 3 aliphatic rings. The molecule has 1 aromatic carbocycles. The first-order chi connectivity index (χ1) is 15.5. The van der Waals surface area contributed by atoms with Crippen molar-refractivity contribution in [3.8, 4) is 5.69 Å². The van der Waals surface area contributed by atoms with Crippen molar-refractivity contribution in [1.82, 2.24) is 19.6 Å². The molecule has 6 nitrogen and oxygen atoms in total. The van der Waals surface area contributed by atoms with Gasteiger partial charge >= 0.3 is 0 Å². The maximum absolute atomic E-state index is 13.5. The third kappa shape index (κ3) is 4.35. The van der Waals surface area contributed by atoms with Gasteiger partial charge in [0.2, 0.25) is 0 Å². The molecule has 0 N–H and O–H groups in total. The van der Waals surface area contributed by atoms with Gasteiger partial charge in [-0.1, -0.05) is 17.7 Å². The van der Waals surface area contributed by atoms with Gasteiger partial charge in [-0.3, -0.25) is 9.69 Å². The Kier molecular flexibility index (Phi) is 6.08. The number of morpholine rings is 1. The predicted octanol–water partition coefficient (Wildman–Crippen LogP) is 3.63. The highest BCUT2D eigenvalue weighted by Crippen LogP contribution is 2.30. The smallest absolute Gasteiger partial charge is 0.274 e. The van der Waals surface area contributed by atoms with Gasteiger partial charge < -0.3 is 9.64 Å². The maximum atomic E-state index is 13.5. The standard InChI is InChI=1S/C26H36N4O2/c1-18-7-9-22(10-8-18)30-24-6-4-5-23(24)25(27-30)26(31)29-13-11-21(12-14-29)17-28-15-19(2)32-20(3)16-28/h7-10,19-21H,4-6,11-17H2,1-3H3. The van der Waals surface area contributed by atoms with Gasteiger partial charge in [0.25, 0.3) is 5.91 Å². The molecule has 2 fully saturated rings. The lowest BCUT2D eigenvalue weighted by molar-refractivity contribution is -0.0728. The highest BCUT2D eigenvalue weighted by atomic mass is 16.5. The van der Waals surface area contributed by atoms with E-state index in [4.69, 9.17) is 9.84 Å². The Labute approximate surface area is 191 Å². The van der Waals surface area contributed by atoms with Gasteiger partial charge in [0.15, 0.2) is 5.69 Å². The zero-order valence-corrected chi connectivity index (χ0v) is 19.7. The number of nitrogens with zero attached hydrogens (tertiary/aromatic N) is 4. The Balaban J connectivity index is 1.25. The van der Waals surface area contributed by atoms with Crippen LogP contribution in [0.1, 0.15) is 60.4 Å². The number of carbonyl (C=O) groups is 1. The molecular weight excluding hydrogens is 400 g/mol. The molecule has 5 rings (SSSR count). The fourth-order valence-corrected chi connectivity index (χ4v) is 5.78. The number of amides is 1. The summed E-state index contributed by atoms with van der Waals surface area (Å²) < 4.78 is 7.89. The van der Waals surface area contributed by atoms with E-state index in [1.807, 2.05) is 9.58 Å². The van der Waals surface area contributed by atoms with Crippen LogP contribution in [-0.4, -0.2) is 70.4 Å². The van der Waals surface area contributed by atoms with Crippen LogP contribution in [0.15, 0.2) is 24.3 Å². The molecule has 0 radical (unpaired) electrons. The molecule has 6 heteroatoms. The van der Waals surface area contributed by atoms with Crippen molar-refractivity contribution in [3.63, 3.8) is 0 Å². The molecule has 1 aliphatic carbocycles. The molecule has 172 valence electrons. The quantitative estimate of drug-likeness (QED) is 0.734. The molecule has 2 atom stereocenters. The van der Waals surface area contributed by atoms with Crippen molar-refractivity contribution in [2.24, 2.45) is 5.92 Å². The second-order valence-electron chi connectivity index (χ2n) is 10.1. The number of aryl methyl sites for hydroxylation is 1. The van der Waals surface area contributed by atoms with Crippen LogP contribution in [0, 0.1) is 12.8 Å². The van der Waals surface area contributed by atoms with Crippen molar-refractivity contribution in [2.75, 3.05) is 32.7 Å². The summed E-state index contributed by atoms with van der Waals surface area (Å²) in [7, 11) is 0. The van der Waals surface area contributed by atoms with Crippen LogP contribution in [0.25, 0.3) is 5.69 Å². The van der Waals surface area contributed by atoms with E-state index in [-0.39, 0.29) is 5.91 Å². The average Bonchev–Trinajstić information content (AvgIpc) is 3.37. The number of benzene rings is 1. The van der Waals surface area contributed by atoms with Crippen LogP contribution in [-0.2, 0) is 17.6 Å². The molecule has 2 aromatic rings. The first-order valence-electron chi connectivity index (χ1n) is 12.3. The number of hydrogen-bond acceptors (Lipinski definition) is 4. The summed E-state index contributed by atoms with van der Waals surface area (Å²) in [5.74, 6) is 0.786. The minimum atomic E-state index is 0.126. The first-order valence-corrected chi connectivity index (χ1v) is 12.3. The predicted molar refractivity (Wildman–Crippen MR) is 125 cm³/mol. The van der Waals surface area contributed by atoms with Crippen LogP contribution >= 0.6 is 0 Å². The number of likely N-dealkylation sites (tertiary alicyclic amines) is 1. The Morgan fingerprint density at radius 3 is 2.44 bits per heavy atom. The number of piperidine rings is 1. The lowest BCUT2D eigenvalue weighted by Crippen LogP contribution is -2.48. The fraction of sp³-hybridized carbons (Fsp3) is 0.615. The summed E-state index contributed by atoms with van der Waals surface area (Å²) in [6, 6.07) is 8.43. The molecule has 0 bridgehead atoms. The van der Waals surface area contributed by atoms with Crippen LogP contribution < -0.4 is 0 Å². The number of fused-ring (bicyclic) bond motifs is 1. The monoisotopic (exact) mass is 436 g/mol. The summed E-state index contributed by atoms with van der Waals surface area (Å²) in [6.45, 7) is 11.3. The molecule has 0 spiro atoms. The molecule has 2 unspecified atom stereocenters. The lowest BCUT2D eigenvalue weighted by atomic mass is 9.95. The number of hydrogen-bond donors (Lipinski definition) is 0. The second-order valence-corrected chi connectivity index (χ2v) is 10.1. The third-order valence-corrected chi connectivity index (χ3v) is 7.32. The zero-order valence-electron chi connectivity index (χ0n) is 19.7. The SMILES string of the molecule is Cc1ccc(-n2nc(C(=O)N3CCC(CN4CC(C)OC(C)C4)CC3)c3c2CCC3)cc1. The third-order valence-electron chi connectivity index (χ3n) is 7.32. The van der Waals surface area contributed by atoms with E-state index >= 15 is 0 Å². The number of aromatic nitrogens is 2. The molecule has 0 saturated carbocycles. The first kappa shape index (κ1) is 21.7. The van der Waals surface area contributed by atoms with Crippen molar-refractivity contribution in [3.05, 3.63) is 46.8 Å². The van der Waals surface area contributed by atoms with Gasteiger partial charge in [-0.25, -0.2) is 4.68 Å². The summed E-state index contributed by atoms with van der Waals surface area (Å²) in [5, 5.41) is 4.84. The zero-order chi connectivity index (χ0) is 22.2. The van der Waals surface area contributed by atoms with E-state index in [0.29, 0.717) is 23.8 Å². The van der Waals surface area contributed by atoms with Gasteiger partial charge in [-0.05, 0) is 70.9 Å².